The summed E-state index contributed by atoms with van der Waals surface area (Å²) in [5.41, 5.74) is 2.36. The first kappa shape index (κ1) is 16.3. The predicted molar refractivity (Wildman–Crippen MR) is 83.0 cm³/mol. The number of ether oxygens (including phenoxy) is 2. The van der Waals surface area contributed by atoms with Gasteiger partial charge in [0.15, 0.2) is 6.79 Å². The van der Waals surface area contributed by atoms with E-state index in [1.165, 1.54) is 5.56 Å². The molecule has 0 spiro atoms. The van der Waals surface area contributed by atoms with Crippen molar-refractivity contribution in [2.45, 2.75) is 44.6 Å². The number of hydrogen-bond acceptors (Lipinski definition) is 4. The second-order valence-electron chi connectivity index (χ2n) is 5.70. The Morgan fingerprint density at radius 2 is 1.91 bits per heavy atom. The topological polar surface area (TPSA) is 59.3 Å². The molecule has 0 N–H and O–H groups in total. The molecule has 0 aliphatic heterocycles. The SMILES string of the molecule is C=C(C)C(=O)OCOC1CCC(c2ccc(C#N)cc2)CC1. The minimum atomic E-state index is -0.411. The maximum absolute atomic E-state index is 11.2. The highest BCUT2D eigenvalue weighted by Gasteiger charge is 2.23. The van der Waals surface area contributed by atoms with E-state index in [1.54, 1.807) is 6.92 Å². The summed E-state index contributed by atoms with van der Waals surface area (Å²) >= 11 is 0. The fourth-order valence-corrected chi connectivity index (χ4v) is 2.70. The lowest BCUT2D eigenvalue weighted by Crippen LogP contribution is -2.23. The van der Waals surface area contributed by atoms with Crippen LogP contribution in [0.25, 0.3) is 0 Å². The molecule has 0 saturated heterocycles. The monoisotopic (exact) mass is 299 g/mol. The first-order valence-corrected chi connectivity index (χ1v) is 7.54. The Labute approximate surface area is 131 Å². The number of benzene rings is 1. The van der Waals surface area contributed by atoms with Gasteiger partial charge in [0.1, 0.15) is 0 Å². The number of rotatable bonds is 5. The van der Waals surface area contributed by atoms with E-state index in [0.29, 0.717) is 17.1 Å². The molecule has 4 nitrogen and oxygen atoms in total. The summed E-state index contributed by atoms with van der Waals surface area (Å²) in [7, 11) is 0. The summed E-state index contributed by atoms with van der Waals surface area (Å²) in [5.74, 6) is 0.108. The van der Waals surface area contributed by atoms with Crippen LogP contribution in [-0.2, 0) is 14.3 Å². The van der Waals surface area contributed by atoms with Crippen LogP contribution in [0.15, 0.2) is 36.4 Å². The van der Waals surface area contributed by atoms with E-state index in [9.17, 15) is 4.79 Å². The molecule has 0 amide bonds. The van der Waals surface area contributed by atoms with E-state index in [4.69, 9.17) is 14.7 Å². The fourth-order valence-electron chi connectivity index (χ4n) is 2.70. The zero-order chi connectivity index (χ0) is 15.9. The van der Waals surface area contributed by atoms with Crippen LogP contribution in [0.5, 0.6) is 0 Å². The molecule has 0 radical (unpaired) electrons. The van der Waals surface area contributed by atoms with Crippen molar-refractivity contribution in [2.75, 3.05) is 6.79 Å². The van der Waals surface area contributed by atoms with E-state index < -0.39 is 5.97 Å². The van der Waals surface area contributed by atoms with Gasteiger partial charge in [-0.1, -0.05) is 18.7 Å². The highest BCUT2D eigenvalue weighted by atomic mass is 16.7. The van der Waals surface area contributed by atoms with Gasteiger partial charge in [-0.3, -0.25) is 0 Å². The molecular weight excluding hydrogens is 278 g/mol. The molecule has 0 bridgehead atoms. The maximum atomic E-state index is 11.2. The minimum absolute atomic E-state index is 0.00209. The van der Waals surface area contributed by atoms with Crippen LogP contribution in [0.4, 0.5) is 0 Å². The average Bonchev–Trinajstić information content (AvgIpc) is 2.55. The van der Waals surface area contributed by atoms with Gasteiger partial charge in [-0.25, -0.2) is 4.79 Å². The normalized spacial score (nSPS) is 20.9. The third kappa shape index (κ3) is 4.44. The second kappa shape index (κ2) is 7.77. The molecule has 0 atom stereocenters. The van der Waals surface area contributed by atoms with E-state index in [-0.39, 0.29) is 12.9 Å². The first-order valence-electron chi connectivity index (χ1n) is 7.54. The van der Waals surface area contributed by atoms with Crippen molar-refractivity contribution < 1.29 is 14.3 Å². The predicted octanol–water partition coefficient (Wildman–Crippen LogP) is 3.68. The van der Waals surface area contributed by atoms with Crippen LogP contribution in [0.2, 0.25) is 0 Å². The van der Waals surface area contributed by atoms with Crippen molar-refractivity contribution in [3.05, 3.63) is 47.5 Å². The maximum Gasteiger partial charge on any atom is 0.335 e. The molecular formula is C18H21NO3. The molecule has 1 aromatic carbocycles. The summed E-state index contributed by atoms with van der Waals surface area (Å²) in [6.07, 6.45) is 4.15. The number of nitrogens with zero attached hydrogens (tertiary/aromatic N) is 1. The van der Waals surface area contributed by atoms with Gasteiger partial charge < -0.3 is 9.47 Å². The van der Waals surface area contributed by atoms with Crippen LogP contribution in [0, 0.1) is 11.3 Å². The smallest absolute Gasteiger partial charge is 0.335 e. The van der Waals surface area contributed by atoms with Crippen LogP contribution in [0.1, 0.15) is 49.7 Å². The number of carbonyl (C=O) groups excluding carboxylic acids is 1. The standard InChI is InChI=1S/C18H21NO3/c1-13(2)18(20)22-12-21-17-9-7-16(8-10-17)15-5-3-14(11-19)4-6-15/h3-6,16-17H,1,7-10,12H2,2H3. The molecule has 22 heavy (non-hydrogen) atoms. The lowest BCUT2D eigenvalue weighted by molar-refractivity contribution is -0.157. The van der Waals surface area contributed by atoms with Crippen molar-refractivity contribution in [3.63, 3.8) is 0 Å². The molecule has 1 fully saturated rings. The van der Waals surface area contributed by atoms with E-state index in [0.717, 1.165) is 25.7 Å². The Kier molecular flexibility index (Phi) is 5.74. The van der Waals surface area contributed by atoms with Crippen LogP contribution >= 0.6 is 0 Å². The Bertz CT molecular complexity index is 563. The van der Waals surface area contributed by atoms with Gasteiger partial charge in [-0.2, -0.15) is 5.26 Å². The molecule has 1 aromatic rings. The van der Waals surface area contributed by atoms with Crippen LogP contribution < -0.4 is 0 Å². The van der Waals surface area contributed by atoms with Crippen molar-refractivity contribution in [2.24, 2.45) is 0 Å². The Hall–Kier alpha value is -2.12. The van der Waals surface area contributed by atoms with Gasteiger partial charge in [0.25, 0.3) is 0 Å². The van der Waals surface area contributed by atoms with Crippen molar-refractivity contribution in [1.82, 2.24) is 0 Å². The van der Waals surface area contributed by atoms with E-state index >= 15 is 0 Å². The largest absolute Gasteiger partial charge is 0.435 e. The van der Waals surface area contributed by atoms with Gasteiger partial charge in [0.05, 0.1) is 17.7 Å². The summed E-state index contributed by atoms with van der Waals surface area (Å²) in [5, 5.41) is 8.82. The van der Waals surface area contributed by atoms with Crippen molar-refractivity contribution >= 4 is 5.97 Å². The Morgan fingerprint density at radius 1 is 1.27 bits per heavy atom. The third-order valence-electron chi connectivity index (χ3n) is 4.03. The summed E-state index contributed by atoms with van der Waals surface area (Å²) < 4.78 is 10.5. The van der Waals surface area contributed by atoms with E-state index in [2.05, 4.69) is 12.6 Å². The first-order chi connectivity index (χ1) is 10.6. The number of carbonyl (C=O) groups is 1. The highest BCUT2D eigenvalue weighted by molar-refractivity contribution is 5.86. The van der Waals surface area contributed by atoms with Gasteiger partial charge in [-0.15, -0.1) is 0 Å². The Balaban J connectivity index is 1.74. The molecule has 4 heteroatoms. The lowest BCUT2D eigenvalue weighted by atomic mass is 9.82. The average molecular weight is 299 g/mol. The van der Waals surface area contributed by atoms with E-state index in [1.807, 2.05) is 24.3 Å². The number of esters is 1. The second-order valence-corrected chi connectivity index (χ2v) is 5.70. The third-order valence-corrected chi connectivity index (χ3v) is 4.03. The molecule has 0 unspecified atom stereocenters. The van der Waals surface area contributed by atoms with Crippen molar-refractivity contribution in [3.8, 4) is 6.07 Å². The molecule has 2 rings (SSSR count). The Morgan fingerprint density at radius 3 is 2.45 bits per heavy atom. The molecule has 0 heterocycles. The summed E-state index contributed by atoms with van der Waals surface area (Å²) in [6.45, 7) is 5.14. The summed E-state index contributed by atoms with van der Waals surface area (Å²) in [6, 6.07) is 9.96. The minimum Gasteiger partial charge on any atom is -0.435 e. The highest BCUT2D eigenvalue weighted by Crippen LogP contribution is 2.34. The fraction of sp³-hybridized carbons (Fsp3) is 0.444. The lowest BCUT2D eigenvalue weighted by Gasteiger charge is -2.28. The van der Waals surface area contributed by atoms with Crippen molar-refractivity contribution in [1.29, 1.82) is 5.26 Å². The number of hydrogen-bond donors (Lipinski definition) is 0. The molecule has 0 aromatic heterocycles. The molecule has 1 saturated carbocycles. The van der Waals surface area contributed by atoms with Gasteiger partial charge >= 0.3 is 5.97 Å². The quantitative estimate of drug-likeness (QED) is 0.473. The molecule has 1 aliphatic carbocycles. The van der Waals surface area contributed by atoms with Crippen LogP contribution in [0.3, 0.4) is 0 Å². The van der Waals surface area contributed by atoms with Gasteiger partial charge in [-0.05, 0) is 56.2 Å². The van der Waals surface area contributed by atoms with Crippen LogP contribution in [-0.4, -0.2) is 18.9 Å². The summed E-state index contributed by atoms with van der Waals surface area (Å²) in [4.78, 5) is 11.2. The molecule has 116 valence electrons. The van der Waals surface area contributed by atoms with Gasteiger partial charge in [0, 0.05) is 5.57 Å². The molecule has 1 aliphatic rings. The van der Waals surface area contributed by atoms with Gasteiger partial charge in [0.2, 0.25) is 0 Å². The number of nitriles is 1. The zero-order valence-electron chi connectivity index (χ0n) is 12.9. The zero-order valence-corrected chi connectivity index (χ0v) is 12.9.